The second kappa shape index (κ2) is 8.08. The number of amides is 1. The van der Waals surface area contributed by atoms with E-state index in [4.69, 9.17) is 4.98 Å². The highest BCUT2D eigenvalue weighted by molar-refractivity contribution is 7.98. The largest absolute Gasteiger partial charge is 0.355 e. The lowest BCUT2D eigenvalue weighted by Gasteiger charge is -2.33. The van der Waals surface area contributed by atoms with E-state index >= 15 is 0 Å². The Balaban J connectivity index is 1.30. The van der Waals surface area contributed by atoms with Gasteiger partial charge in [0, 0.05) is 30.8 Å². The minimum atomic E-state index is 0.252. The van der Waals surface area contributed by atoms with Gasteiger partial charge in [0.05, 0.1) is 12.4 Å². The van der Waals surface area contributed by atoms with Gasteiger partial charge in [0.25, 0.3) is 0 Å². The molecule has 2 aliphatic rings. The molecule has 2 aromatic rings. The molecule has 1 N–H and O–H groups in total. The summed E-state index contributed by atoms with van der Waals surface area (Å²) in [6.07, 6.45) is 7.75. The first kappa shape index (κ1) is 17.3. The van der Waals surface area contributed by atoms with Crippen LogP contribution < -0.4 is 10.2 Å². The number of anilines is 1. The van der Waals surface area contributed by atoms with Crippen molar-refractivity contribution in [2.75, 3.05) is 18.0 Å². The number of aromatic nitrogens is 2. The summed E-state index contributed by atoms with van der Waals surface area (Å²) < 4.78 is 0. The summed E-state index contributed by atoms with van der Waals surface area (Å²) in [5.41, 5.74) is 1.29. The molecule has 1 aliphatic heterocycles. The van der Waals surface area contributed by atoms with Crippen molar-refractivity contribution in [3.05, 3.63) is 48.3 Å². The first-order chi connectivity index (χ1) is 12.8. The smallest absolute Gasteiger partial charge is 0.223 e. The van der Waals surface area contributed by atoms with Crippen LogP contribution in [0.15, 0.2) is 47.8 Å². The fourth-order valence-electron chi connectivity index (χ4n) is 3.21. The zero-order valence-electron chi connectivity index (χ0n) is 14.8. The topological polar surface area (TPSA) is 58.1 Å². The van der Waals surface area contributed by atoms with Gasteiger partial charge in [-0.05, 0) is 31.2 Å². The summed E-state index contributed by atoms with van der Waals surface area (Å²) in [5.74, 6) is 2.38. The third kappa shape index (κ3) is 4.55. The second-order valence-electron chi connectivity index (χ2n) is 7.03. The molecular weight excluding hydrogens is 344 g/mol. The molecule has 1 saturated carbocycles. The molecule has 5 nitrogen and oxygen atoms in total. The zero-order chi connectivity index (χ0) is 17.8. The van der Waals surface area contributed by atoms with Crippen LogP contribution in [-0.2, 0) is 10.5 Å². The first-order valence-corrected chi connectivity index (χ1v) is 10.3. The molecule has 6 heteroatoms. The van der Waals surface area contributed by atoms with Crippen molar-refractivity contribution in [1.29, 1.82) is 0 Å². The number of rotatable bonds is 6. The fourth-order valence-corrected chi connectivity index (χ4v) is 4.01. The van der Waals surface area contributed by atoms with Crippen LogP contribution in [0.2, 0.25) is 0 Å². The van der Waals surface area contributed by atoms with Gasteiger partial charge in [-0.1, -0.05) is 30.3 Å². The second-order valence-corrected chi connectivity index (χ2v) is 8.03. The van der Waals surface area contributed by atoms with Crippen molar-refractivity contribution in [2.24, 2.45) is 5.92 Å². The van der Waals surface area contributed by atoms with Gasteiger partial charge in [0.2, 0.25) is 5.91 Å². The molecule has 136 valence electrons. The maximum Gasteiger partial charge on any atom is 0.223 e. The SMILES string of the molecule is O=C(NC1CCN(c2cncc(SCc3ccccc3)n2)CC1)C1CC1. The van der Waals surface area contributed by atoms with E-state index in [-0.39, 0.29) is 11.8 Å². The fraction of sp³-hybridized carbons (Fsp3) is 0.450. The van der Waals surface area contributed by atoms with Crippen LogP contribution in [0.25, 0.3) is 0 Å². The van der Waals surface area contributed by atoms with Crippen molar-refractivity contribution >= 4 is 23.5 Å². The Kier molecular flexibility index (Phi) is 5.39. The molecule has 2 heterocycles. The van der Waals surface area contributed by atoms with Gasteiger partial charge in [-0.15, -0.1) is 11.8 Å². The van der Waals surface area contributed by atoms with E-state index in [1.54, 1.807) is 11.8 Å². The third-order valence-electron chi connectivity index (χ3n) is 4.94. The van der Waals surface area contributed by atoms with Crippen molar-refractivity contribution < 1.29 is 4.79 Å². The number of nitrogens with zero attached hydrogens (tertiary/aromatic N) is 3. The molecule has 1 aliphatic carbocycles. The number of hydrogen-bond acceptors (Lipinski definition) is 5. The predicted octanol–water partition coefficient (Wildman–Crippen LogP) is 3.26. The van der Waals surface area contributed by atoms with Crippen LogP contribution in [0.5, 0.6) is 0 Å². The number of thioether (sulfide) groups is 1. The molecule has 0 atom stereocenters. The number of nitrogens with one attached hydrogen (secondary N) is 1. The van der Waals surface area contributed by atoms with E-state index in [1.807, 2.05) is 18.5 Å². The Morgan fingerprint density at radius 1 is 1.12 bits per heavy atom. The van der Waals surface area contributed by atoms with Crippen molar-refractivity contribution in [2.45, 2.75) is 42.5 Å². The van der Waals surface area contributed by atoms with Crippen LogP contribution in [-0.4, -0.2) is 35.0 Å². The van der Waals surface area contributed by atoms with Crippen LogP contribution >= 0.6 is 11.8 Å². The summed E-state index contributed by atoms with van der Waals surface area (Å²) in [6.45, 7) is 1.83. The molecular formula is C20H24N4OS. The number of piperidine rings is 1. The van der Waals surface area contributed by atoms with Gasteiger partial charge in [-0.25, -0.2) is 4.98 Å². The minimum Gasteiger partial charge on any atom is -0.355 e. The lowest BCUT2D eigenvalue weighted by Crippen LogP contribution is -2.45. The van der Waals surface area contributed by atoms with Crippen molar-refractivity contribution in [3.63, 3.8) is 0 Å². The molecule has 0 spiro atoms. The summed E-state index contributed by atoms with van der Waals surface area (Å²) in [4.78, 5) is 23.3. The molecule has 0 unspecified atom stereocenters. The molecule has 1 amide bonds. The summed E-state index contributed by atoms with van der Waals surface area (Å²) in [5, 5.41) is 4.15. The van der Waals surface area contributed by atoms with Gasteiger partial charge in [-0.2, -0.15) is 0 Å². The number of carbonyl (C=O) groups is 1. The average Bonchev–Trinajstić information content (AvgIpc) is 3.53. The average molecular weight is 369 g/mol. The lowest BCUT2D eigenvalue weighted by molar-refractivity contribution is -0.123. The molecule has 1 aromatic heterocycles. The highest BCUT2D eigenvalue weighted by atomic mass is 32.2. The van der Waals surface area contributed by atoms with E-state index in [1.165, 1.54) is 5.56 Å². The Bertz CT molecular complexity index is 742. The third-order valence-corrected chi connectivity index (χ3v) is 5.91. The molecule has 26 heavy (non-hydrogen) atoms. The van der Waals surface area contributed by atoms with Gasteiger partial charge >= 0.3 is 0 Å². The monoisotopic (exact) mass is 368 g/mol. The van der Waals surface area contributed by atoms with E-state index in [2.05, 4.69) is 39.5 Å². The van der Waals surface area contributed by atoms with E-state index in [0.717, 1.165) is 55.4 Å². The Hall–Kier alpha value is -2.08. The van der Waals surface area contributed by atoms with E-state index in [0.29, 0.717) is 6.04 Å². The molecule has 0 bridgehead atoms. The van der Waals surface area contributed by atoms with Gasteiger partial charge in [0.1, 0.15) is 10.8 Å². The number of carbonyl (C=O) groups excluding carboxylic acids is 1. The predicted molar refractivity (Wildman–Crippen MR) is 104 cm³/mol. The van der Waals surface area contributed by atoms with Gasteiger partial charge < -0.3 is 10.2 Å². The molecule has 1 saturated heterocycles. The van der Waals surface area contributed by atoms with Crippen LogP contribution in [0.1, 0.15) is 31.2 Å². The Labute approximate surface area is 158 Å². The Morgan fingerprint density at radius 3 is 2.62 bits per heavy atom. The van der Waals surface area contributed by atoms with E-state index < -0.39 is 0 Å². The summed E-state index contributed by atoms with van der Waals surface area (Å²) in [7, 11) is 0. The maximum atomic E-state index is 11.9. The number of hydrogen-bond donors (Lipinski definition) is 1. The first-order valence-electron chi connectivity index (χ1n) is 9.32. The minimum absolute atomic E-state index is 0.252. The quantitative estimate of drug-likeness (QED) is 0.793. The maximum absolute atomic E-state index is 11.9. The van der Waals surface area contributed by atoms with E-state index in [9.17, 15) is 4.79 Å². The molecule has 2 fully saturated rings. The standard InChI is InChI=1S/C20H24N4OS/c25-20(16-6-7-16)22-17-8-10-24(11-9-17)18-12-21-13-19(23-18)26-14-15-4-2-1-3-5-15/h1-5,12-13,16-17H,6-11,14H2,(H,22,25). The van der Waals surface area contributed by atoms with Crippen molar-refractivity contribution in [3.8, 4) is 0 Å². The van der Waals surface area contributed by atoms with Crippen LogP contribution in [0.3, 0.4) is 0 Å². The summed E-state index contributed by atoms with van der Waals surface area (Å²) >= 11 is 1.71. The molecule has 1 aromatic carbocycles. The van der Waals surface area contributed by atoms with Gasteiger partial charge in [-0.3, -0.25) is 9.78 Å². The zero-order valence-corrected chi connectivity index (χ0v) is 15.6. The summed E-state index contributed by atoms with van der Waals surface area (Å²) in [6, 6.07) is 10.7. The molecule has 0 radical (unpaired) electrons. The normalized spacial score (nSPS) is 17.9. The highest BCUT2D eigenvalue weighted by Crippen LogP contribution is 2.29. The highest BCUT2D eigenvalue weighted by Gasteiger charge is 2.31. The lowest BCUT2D eigenvalue weighted by atomic mass is 10.0. The van der Waals surface area contributed by atoms with Crippen LogP contribution in [0.4, 0.5) is 5.82 Å². The van der Waals surface area contributed by atoms with Crippen molar-refractivity contribution in [1.82, 2.24) is 15.3 Å². The number of benzene rings is 1. The van der Waals surface area contributed by atoms with Crippen LogP contribution in [0, 0.1) is 5.92 Å². The molecule has 4 rings (SSSR count). The Morgan fingerprint density at radius 2 is 1.88 bits per heavy atom. The van der Waals surface area contributed by atoms with Gasteiger partial charge in [0.15, 0.2) is 0 Å².